The molecule has 1 aliphatic rings. The number of hydrogen-bond acceptors (Lipinski definition) is 7. The number of oxazole rings is 1. The van der Waals surface area contributed by atoms with E-state index < -0.39 is 29.4 Å². The van der Waals surface area contributed by atoms with E-state index in [2.05, 4.69) is 10.3 Å². The molecule has 1 saturated heterocycles. The second-order valence-corrected chi connectivity index (χ2v) is 9.66. The van der Waals surface area contributed by atoms with Crippen LogP contribution in [0.25, 0.3) is 0 Å². The molecule has 1 aromatic heterocycles. The maximum Gasteiger partial charge on any atom is 0.254 e. The number of rotatable bonds is 10. The third-order valence-electron chi connectivity index (χ3n) is 7.22. The van der Waals surface area contributed by atoms with E-state index in [1.807, 2.05) is 60.7 Å². The fourth-order valence-corrected chi connectivity index (χ4v) is 4.92. The molecular weight excluding hydrogens is 486 g/mol. The predicted octanol–water partition coefficient (Wildman–Crippen LogP) is 1.80. The van der Waals surface area contributed by atoms with E-state index in [1.54, 1.807) is 13.2 Å². The number of ketones is 1. The first kappa shape index (κ1) is 27.2. The number of carbonyl (C=O) groups is 3. The number of benzene rings is 2. The van der Waals surface area contributed by atoms with Crippen molar-refractivity contribution >= 4 is 17.6 Å². The Balaban J connectivity index is 1.25. The molecule has 0 bridgehead atoms. The number of Topliss-reactive ketones (excluding diaryl/α,β-unsaturated/α-hetero) is 1. The quantitative estimate of drug-likeness (QED) is 0.372. The van der Waals surface area contributed by atoms with Crippen molar-refractivity contribution in [3.8, 4) is 0 Å². The van der Waals surface area contributed by atoms with Gasteiger partial charge in [0.25, 0.3) is 11.8 Å². The van der Waals surface area contributed by atoms with E-state index in [4.69, 9.17) is 4.42 Å². The van der Waals surface area contributed by atoms with Gasteiger partial charge in [0.1, 0.15) is 12.0 Å². The van der Waals surface area contributed by atoms with Crippen LogP contribution < -0.4 is 5.32 Å². The zero-order valence-electron chi connectivity index (χ0n) is 21.4. The van der Waals surface area contributed by atoms with Gasteiger partial charge in [0, 0.05) is 32.5 Å². The van der Waals surface area contributed by atoms with Crippen molar-refractivity contribution in [3.05, 3.63) is 89.6 Å². The summed E-state index contributed by atoms with van der Waals surface area (Å²) in [6, 6.07) is 19.3. The number of aliphatic hydroxyl groups is 2. The Morgan fingerprint density at radius 1 is 1.00 bits per heavy atom. The average Bonchev–Trinajstić information content (AvgIpc) is 3.39. The lowest BCUT2D eigenvalue weighted by Crippen LogP contribution is -2.55. The molecule has 0 saturated carbocycles. The summed E-state index contributed by atoms with van der Waals surface area (Å²) in [5, 5.41) is 23.3. The molecule has 3 aromatic rings. The van der Waals surface area contributed by atoms with Gasteiger partial charge in [-0.3, -0.25) is 14.4 Å². The molecule has 2 heterocycles. The van der Waals surface area contributed by atoms with E-state index in [0.717, 1.165) is 16.8 Å². The van der Waals surface area contributed by atoms with Gasteiger partial charge in [-0.15, -0.1) is 0 Å². The number of hydrogen-bond donors (Lipinski definition) is 3. The molecule has 9 nitrogen and oxygen atoms in total. The summed E-state index contributed by atoms with van der Waals surface area (Å²) in [4.78, 5) is 43.6. The highest BCUT2D eigenvalue weighted by Gasteiger charge is 2.43. The van der Waals surface area contributed by atoms with Gasteiger partial charge in [0.15, 0.2) is 18.1 Å². The van der Waals surface area contributed by atoms with E-state index in [-0.39, 0.29) is 31.8 Å². The number of amides is 2. The largest absolute Gasteiger partial charge is 0.449 e. The summed E-state index contributed by atoms with van der Waals surface area (Å²) in [5.74, 6) is -1.14. The van der Waals surface area contributed by atoms with Crippen LogP contribution in [-0.2, 0) is 32.6 Å². The zero-order valence-corrected chi connectivity index (χ0v) is 21.4. The van der Waals surface area contributed by atoms with Gasteiger partial charge >= 0.3 is 0 Å². The van der Waals surface area contributed by atoms with Gasteiger partial charge in [0.2, 0.25) is 0 Å². The molecule has 4 rings (SSSR count). The van der Waals surface area contributed by atoms with Crippen LogP contribution in [0.4, 0.5) is 0 Å². The lowest BCUT2D eigenvalue weighted by molar-refractivity contribution is -0.154. The molecule has 1 fully saturated rings. The average molecular weight is 520 g/mol. The summed E-state index contributed by atoms with van der Waals surface area (Å²) in [7, 11) is 0. The standard InChI is InChI=1S/C29H33N3O6/c1-20(33)29(22-10-6-3-7-11-22)13-16-32(17-14-29)28(37)26(35)25(34)27(36)30-15-12-24-31-23(19-38-24)18-21-8-4-2-5-9-21/h2-11,19,25-26,34-35H,12-18H2,1H3,(H,30,36)/t25-,26-/m1/s1. The first-order valence-electron chi connectivity index (χ1n) is 12.8. The first-order valence-corrected chi connectivity index (χ1v) is 12.8. The van der Waals surface area contributed by atoms with Gasteiger partial charge in [-0.05, 0) is 30.9 Å². The number of aliphatic hydroxyl groups excluding tert-OH is 2. The van der Waals surface area contributed by atoms with Crippen LogP contribution in [0.5, 0.6) is 0 Å². The topological polar surface area (TPSA) is 133 Å². The Labute approximate surface area is 221 Å². The molecule has 2 amide bonds. The maximum atomic E-state index is 12.8. The first-order chi connectivity index (χ1) is 18.3. The zero-order chi connectivity index (χ0) is 27.1. The monoisotopic (exact) mass is 519 g/mol. The van der Waals surface area contributed by atoms with Crippen LogP contribution in [0.1, 0.15) is 42.5 Å². The van der Waals surface area contributed by atoms with Crippen LogP contribution in [0.15, 0.2) is 71.3 Å². The van der Waals surface area contributed by atoms with Crippen molar-refractivity contribution in [2.24, 2.45) is 0 Å². The normalized spacial score (nSPS) is 16.4. The van der Waals surface area contributed by atoms with Crippen LogP contribution in [0.2, 0.25) is 0 Å². The lowest BCUT2D eigenvalue weighted by Gasteiger charge is -2.41. The fourth-order valence-electron chi connectivity index (χ4n) is 4.92. The summed E-state index contributed by atoms with van der Waals surface area (Å²) in [6.45, 7) is 2.13. The van der Waals surface area contributed by atoms with Gasteiger partial charge in [0.05, 0.1) is 11.1 Å². The second kappa shape index (κ2) is 12.1. The minimum absolute atomic E-state index is 0.0222. The van der Waals surface area contributed by atoms with Crippen molar-refractivity contribution in [3.63, 3.8) is 0 Å². The summed E-state index contributed by atoms with van der Waals surface area (Å²) in [5.41, 5.74) is 2.07. The highest BCUT2D eigenvalue weighted by atomic mass is 16.3. The van der Waals surface area contributed by atoms with Gasteiger partial charge in [-0.1, -0.05) is 60.7 Å². The fraction of sp³-hybridized carbons (Fsp3) is 0.379. The number of nitrogens with one attached hydrogen (secondary N) is 1. The molecule has 9 heteroatoms. The SMILES string of the molecule is CC(=O)C1(c2ccccc2)CCN(C(=O)[C@H](O)[C@@H](O)C(=O)NCCc2nc(Cc3ccccc3)co2)CC1. The lowest BCUT2D eigenvalue weighted by atomic mass is 9.70. The number of carbonyl (C=O) groups excluding carboxylic acids is 3. The summed E-state index contributed by atoms with van der Waals surface area (Å²) in [6.07, 6.45) is -0.552. The van der Waals surface area contributed by atoms with Crippen LogP contribution in [0, 0.1) is 0 Å². The van der Waals surface area contributed by atoms with Crippen molar-refractivity contribution in [2.75, 3.05) is 19.6 Å². The summed E-state index contributed by atoms with van der Waals surface area (Å²) >= 11 is 0. The Morgan fingerprint density at radius 2 is 1.63 bits per heavy atom. The molecule has 0 unspecified atom stereocenters. The minimum atomic E-state index is -1.92. The maximum absolute atomic E-state index is 12.8. The van der Waals surface area contributed by atoms with Gasteiger partial charge in [-0.25, -0.2) is 4.98 Å². The highest BCUT2D eigenvalue weighted by molar-refractivity contribution is 5.91. The molecule has 38 heavy (non-hydrogen) atoms. The predicted molar refractivity (Wildman–Crippen MR) is 139 cm³/mol. The van der Waals surface area contributed by atoms with Gasteiger partial charge < -0.3 is 24.8 Å². The molecule has 0 aliphatic carbocycles. The molecule has 0 spiro atoms. The third-order valence-corrected chi connectivity index (χ3v) is 7.22. The van der Waals surface area contributed by atoms with Gasteiger partial charge in [-0.2, -0.15) is 0 Å². The Kier molecular flexibility index (Phi) is 8.70. The minimum Gasteiger partial charge on any atom is -0.449 e. The van der Waals surface area contributed by atoms with E-state index in [9.17, 15) is 24.6 Å². The van der Waals surface area contributed by atoms with Crippen molar-refractivity contribution in [1.29, 1.82) is 0 Å². The van der Waals surface area contributed by atoms with Crippen molar-refractivity contribution in [2.45, 2.75) is 50.2 Å². The Bertz CT molecular complexity index is 1240. The number of aromatic nitrogens is 1. The highest BCUT2D eigenvalue weighted by Crippen LogP contribution is 2.36. The molecule has 1 aliphatic heterocycles. The van der Waals surface area contributed by atoms with Crippen LogP contribution >= 0.6 is 0 Å². The van der Waals surface area contributed by atoms with Crippen LogP contribution in [0.3, 0.4) is 0 Å². The molecule has 2 atom stereocenters. The third kappa shape index (κ3) is 6.17. The molecule has 2 aromatic carbocycles. The second-order valence-electron chi connectivity index (χ2n) is 9.66. The number of likely N-dealkylation sites (tertiary alicyclic amines) is 1. The van der Waals surface area contributed by atoms with Crippen molar-refractivity contribution in [1.82, 2.24) is 15.2 Å². The molecule has 200 valence electrons. The number of nitrogens with zero attached hydrogens (tertiary/aromatic N) is 2. The van der Waals surface area contributed by atoms with Crippen LogP contribution in [-0.4, -0.2) is 69.5 Å². The smallest absolute Gasteiger partial charge is 0.254 e. The van der Waals surface area contributed by atoms with E-state index in [0.29, 0.717) is 25.2 Å². The number of piperidine rings is 1. The van der Waals surface area contributed by atoms with Crippen molar-refractivity contribution < 1.29 is 29.0 Å². The Hall–Kier alpha value is -3.82. The molecule has 3 N–H and O–H groups in total. The summed E-state index contributed by atoms with van der Waals surface area (Å²) < 4.78 is 5.45. The van der Waals surface area contributed by atoms with E-state index in [1.165, 1.54) is 4.90 Å². The molecule has 0 radical (unpaired) electrons. The molecular formula is C29H33N3O6. The van der Waals surface area contributed by atoms with E-state index >= 15 is 0 Å². The Morgan fingerprint density at radius 3 is 2.26 bits per heavy atom.